The van der Waals surface area contributed by atoms with Crippen LogP contribution in [0.25, 0.3) is 0 Å². The van der Waals surface area contributed by atoms with Crippen molar-refractivity contribution in [2.45, 2.75) is 18.7 Å². The highest BCUT2D eigenvalue weighted by Crippen LogP contribution is 2.31. The molecule has 0 radical (unpaired) electrons. The molecule has 1 aliphatic rings. The van der Waals surface area contributed by atoms with Crippen LogP contribution in [-0.2, 0) is 14.8 Å². The topological polar surface area (TPSA) is 111 Å². The van der Waals surface area contributed by atoms with Crippen molar-refractivity contribution in [2.75, 3.05) is 16.6 Å². The molecule has 116 valence electrons. The lowest BCUT2D eigenvalue weighted by molar-refractivity contribution is -0.118. The molecule has 1 aromatic heterocycles. The van der Waals surface area contributed by atoms with Gasteiger partial charge in [0, 0.05) is 0 Å². The molecule has 0 saturated heterocycles. The zero-order valence-corrected chi connectivity index (χ0v) is 12.7. The van der Waals surface area contributed by atoms with Crippen molar-refractivity contribution in [2.24, 2.45) is 0 Å². The van der Waals surface area contributed by atoms with Crippen LogP contribution in [0.5, 0.6) is 5.75 Å². The first-order valence-electron chi connectivity index (χ1n) is 6.39. The Morgan fingerprint density at radius 2 is 2.09 bits per heavy atom. The number of anilines is 2. The molecule has 0 aliphatic carbocycles. The lowest BCUT2D eigenvalue weighted by Gasteiger charge is -2.18. The molecule has 2 aromatic rings. The Balaban J connectivity index is 1.93. The highest BCUT2D eigenvalue weighted by atomic mass is 32.2. The number of amides is 1. The van der Waals surface area contributed by atoms with Crippen molar-refractivity contribution >= 4 is 27.3 Å². The van der Waals surface area contributed by atoms with Crippen molar-refractivity contribution < 1.29 is 22.5 Å². The number of carbonyl (C=O) groups excluding carboxylic acids is 1. The molecule has 0 bridgehead atoms. The summed E-state index contributed by atoms with van der Waals surface area (Å²) in [5.74, 6) is 0.401. The Morgan fingerprint density at radius 1 is 1.32 bits per heavy atom. The number of hydrogen-bond acceptors (Lipinski definition) is 6. The second-order valence-corrected chi connectivity index (χ2v) is 6.43. The van der Waals surface area contributed by atoms with Crippen LogP contribution in [0.15, 0.2) is 27.6 Å². The molecular weight excluding hydrogens is 310 g/mol. The lowest BCUT2D eigenvalue weighted by Crippen LogP contribution is -2.25. The number of aromatic nitrogens is 1. The minimum absolute atomic E-state index is 0.00510. The van der Waals surface area contributed by atoms with Gasteiger partial charge in [-0.25, -0.2) is 8.42 Å². The van der Waals surface area contributed by atoms with Crippen LogP contribution in [0.1, 0.15) is 11.5 Å². The average molecular weight is 323 g/mol. The van der Waals surface area contributed by atoms with Crippen LogP contribution in [-0.4, -0.2) is 26.1 Å². The number of nitrogens with zero attached hydrogens (tertiary/aromatic N) is 1. The third-order valence-electron chi connectivity index (χ3n) is 3.10. The number of aryl methyl sites for hydroxylation is 2. The summed E-state index contributed by atoms with van der Waals surface area (Å²) in [5.41, 5.74) is 0.986. The minimum atomic E-state index is -3.83. The molecule has 22 heavy (non-hydrogen) atoms. The number of fused-ring (bicyclic) bond motifs is 1. The monoisotopic (exact) mass is 323 g/mol. The van der Waals surface area contributed by atoms with E-state index >= 15 is 0 Å². The SMILES string of the molecule is Cc1noc(C)c1S(=O)(=O)Nc1ccc2c(c1)NC(=O)CO2. The smallest absolute Gasteiger partial charge is 0.267 e. The number of sulfonamides is 1. The molecule has 0 unspecified atom stereocenters. The Bertz CT molecular complexity index is 837. The van der Waals surface area contributed by atoms with Crippen molar-refractivity contribution in [3.63, 3.8) is 0 Å². The Labute approximate surface area is 126 Å². The fraction of sp³-hybridized carbons (Fsp3) is 0.231. The van der Waals surface area contributed by atoms with E-state index in [1.807, 2.05) is 0 Å². The van der Waals surface area contributed by atoms with Crippen LogP contribution in [0.4, 0.5) is 11.4 Å². The first-order chi connectivity index (χ1) is 10.4. The van der Waals surface area contributed by atoms with E-state index in [-0.39, 0.29) is 28.9 Å². The maximum Gasteiger partial charge on any atom is 0.267 e. The summed E-state index contributed by atoms with van der Waals surface area (Å²) in [6.45, 7) is 3.01. The Kier molecular flexibility index (Phi) is 3.28. The van der Waals surface area contributed by atoms with Gasteiger partial charge in [0.1, 0.15) is 11.4 Å². The molecule has 1 aliphatic heterocycles. The molecule has 3 rings (SSSR count). The van der Waals surface area contributed by atoms with Gasteiger partial charge < -0.3 is 14.6 Å². The highest BCUT2D eigenvalue weighted by Gasteiger charge is 2.25. The Morgan fingerprint density at radius 3 is 2.77 bits per heavy atom. The van der Waals surface area contributed by atoms with Gasteiger partial charge in [-0.3, -0.25) is 9.52 Å². The second-order valence-electron chi connectivity index (χ2n) is 4.81. The molecule has 9 heteroatoms. The fourth-order valence-corrected chi connectivity index (χ4v) is 3.59. The van der Waals surface area contributed by atoms with Gasteiger partial charge in [-0.05, 0) is 32.0 Å². The van der Waals surface area contributed by atoms with Gasteiger partial charge in [-0.1, -0.05) is 5.16 Å². The summed E-state index contributed by atoms with van der Waals surface area (Å²) in [7, 11) is -3.83. The molecule has 1 amide bonds. The largest absolute Gasteiger partial charge is 0.482 e. The molecule has 0 fully saturated rings. The van der Waals surface area contributed by atoms with Gasteiger partial charge in [-0.2, -0.15) is 0 Å². The average Bonchev–Trinajstić information content (AvgIpc) is 2.78. The van der Waals surface area contributed by atoms with E-state index in [4.69, 9.17) is 9.26 Å². The van der Waals surface area contributed by atoms with Gasteiger partial charge in [0.25, 0.3) is 15.9 Å². The normalized spacial score (nSPS) is 14.0. The van der Waals surface area contributed by atoms with Crippen molar-refractivity contribution in [3.05, 3.63) is 29.7 Å². The maximum absolute atomic E-state index is 12.4. The minimum Gasteiger partial charge on any atom is -0.482 e. The second kappa shape index (κ2) is 5.02. The fourth-order valence-electron chi connectivity index (χ4n) is 2.21. The van der Waals surface area contributed by atoms with E-state index in [1.165, 1.54) is 13.0 Å². The van der Waals surface area contributed by atoms with Gasteiger partial charge in [0.05, 0.1) is 11.4 Å². The van der Waals surface area contributed by atoms with Crippen LogP contribution < -0.4 is 14.8 Å². The van der Waals surface area contributed by atoms with Crippen LogP contribution in [0, 0.1) is 13.8 Å². The number of carbonyl (C=O) groups is 1. The van der Waals surface area contributed by atoms with Crippen LogP contribution in [0.2, 0.25) is 0 Å². The molecular formula is C13H13N3O5S. The third kappa shape index (κ3) is 2.50. The van der Waals surface area contributed by atoms with E-state index in [2.05, 4.69) is 15.2 Å². The molecule has 0 saturated carbocycles. The molecule has 0 atom stereocenters. The Hall–Kier alpha value is -2.55. The highest BCUT2D eigenvalue weighted by molar-refractivity contribution is 7.92. The molecule has 8 nitrogen and oxygen atoms in total. The summed E-state index contributed by atoms with van der Waals surface area (Å²) >= 11 is 0. The van der Waals surface area contributed by atoms with Gasteiger partial charge in [0.2, 0.25) is 0 Å². The summed E-state index contributed by atoms with van der Waals surface area (Å²) in [6, 6.07) is 4.62. The molecule has 2 heterocycles. The van der Waals surface area contributed by atoms with E-state index in [0.29, 0.717) is 17.1 Å². The van der Waals surface area contributed by atoms with E-state index in [0.717, 1.165) is 0 Å². The lowest BCUT2D eigenvalue weighted by atomic mass is 10.2. The number of ether oxygens (including phenoxy) is 1. The summed E-state index contributed by atoms with van der Waals surface area (Å²) in [5, 5.41) is 6.25. The molecule has 0 spiro atoms. The predicted molar refractivity (Wildman–Crippen MR) is 77.4 cm³/mol. The first kappa shape index (κ1) is 14.4. The van der Waals surface area contributed by atoms with E-state index < -0.39 is 10.0 Å². The third-order valence-corrected chi connectivity index (χ3v) is 4.73. The first-order valence-corrected chi connectivity index (χ1v) is 7.87. The van der Waals surface area contributed by atoms with Gasteiger partial charge >= 0.3 is 0 Å². The van der Waals surface area contributed by atoms with Crippen LogP contribution in [0.3, 0.4) is 0 Å². The zero-order chi connectivity index (χ0) is 15.9. The van der Waals surface area contributed by atoms with E-state index in [9.17, 15) is 13.2 Å². The number of benzene rings is 1. The summed E-state index contributed by atoms with van der Waals surface area (Å²) in [4.78, 5) is 11.3. The number of nitrogens with one attached hydrogen (secondary N) is 2. The van der Waals surface area contributed by atoms with Gasteiger partial charge in [-0.15, -0.1) is 0 Å². The standard InChI is InChI=1S/C13H13N3O5S/c1-7-13(8(2)21-15-7)22(18,19)16-9-3-4-11-10(5-9)14-12(17)6-20-11/h3-5,16H,6H2,1-2H3,(H,14,17). The van der Waals surface area contributed by atoms with Crippen molar-refractivity contribution in [3.8, 4) is 5.75 Å². The number of rotatable bonds is 3. The predicted octanol–water partition coefficient (Wildman–Crippen LogP) is 1.42. The van der Waals surface area contributed by atoms with E-state index in [1.54, 1.807) is 19.1 Å². The molecule has 2 N–H and O–H groups in total. The molecule has 1 aromatic carbocycles. The summed E-state index contributed by atoms with van der Waals surface area (Å²) < 4.78 is 37.3. The maximum atomic E-state index is 12.4. The van der Waals surface area contributed by atoms with Crippen LogP contribution >= 0.6 is 0 Å². The summed E-state index contributed by atoms with van der Waals surface area (Å²) in [6.07, 6.45) is 0. The van der Waals surface area contributed by atoms with Crippen molar-refractivity contribution in [1.82, 2.24) is 5.16 Å². The number of hydrogen-bond donors (Lipinski definition) is 2. The quantitative estimate of drug-likeness (QED) is 0.884. The van der Waals surface area contributed by atoms with Gasteiger partial charge in [0.15, 0.2) is 17.3 Å². The van der Waals surface area contributed by atoms with Crippen molar-refractivity contribution in [1.29, 1.82) is 0 Å². The zero-order valence-electron chi connectivity index (χ0n) is 11.8.